The van der Waals surface area contributed by atoms with Crippen molar-refractivity contribution in [3.63, 3.8) is 0 Å². The van der Waals surface area contributed by atoms with Crippen molar-refractivity contribution in [3.05, 3.63) is 22.8 Å². The lowest BCUT2D eigenvalue weighted by molar-refractivity contribution is 0.0576. The molecule has 0 radical (unpaired) electrons. The predicted octanol–water partition coefficient (Wildman–Crippen LogP) is 2.85. The SMILES string of the molecule is CN(CC1CCCOC1)c1cc(CNC2CC2)c(Cl)cn1. The Morgan fingerprint density at radius 1 is 1.43 bits per heavy atom. The third-order valence-corrected chi connectivity index (χ3v) is 4.60. The van der Waals surface area contributed by atoms with Crippen molar-refractivity contribution in [1.29, 1.82) is 0 Å². The maximum Gasteiger partial charge on any atom is 0.128 e. The molecule has 1 saturated carbocycles. The molecule has 0 aromatic carbocycles. The number of pyridine rings is 1. The molecule has 2 aliphatic rings. The molecule has 1 saturated heterocycles. The lowest BCUT2D eigenvalue weighted by Gasteiger charge is -2.28. The lowest BCUT2D eigenvalue weighted by atomic mass is 10.0. The van der Waals surface area contributed by atoms with Gasteiger partial charge >= 0.3 is 0 Å². The molecule has 3 rings (SSSR count). The number of ether oxygens (including phenoxy) is 1. The zero-order chi connectivity index (χ0) is 14.7. The number of nitrogens with zero attached hydrogens (tertiary/aromatic N) is 2. The van der Waals surface area contributed by atoms with E-state index in [0.717, 1.165) is 42.7 Å². The Morgan fingerprint density at radius 3 is 3.00 bits per heavy atom. The quantitative estimate of drug-likeness (QED) is 0.877. The van der Waals surface area contributed by atoms with Crippen molar-refractivity contribution in [1.82, 2.24) is 10.3 Å². The van der Waals surface area contributed by atoms with Crippen molar-refractivity contribution in [2.45, 2.75) is 38.3 Å². The zero-order valence-corrected chi connectivity index (χ0v) is 13.4. The molecule has 1 aliphatic carbocycles. The maximum atomic E-state index is 6.26. The van der Waals surface area contributed by atoms with Crippen LogP contribution in [0, 0.1) is 5.92 Å². The van der Waals surface area contributed by atoms with Gasteiger partial charge in [0.25, 0.3) is 0 Å². The summed E-state index contributed by atoms with van der Waals surface area (Å²) in [6, 6.07) is 2.80. The number of hydrogen-bond donors (Lipinski definition) is 1. The van der Waals surface area contributed by atoms with Gasteiger partial charge < -0.3 is 15.0 Å². The van der Waals surface area contributed by atoms with Crippen LogP contribution >= 0.6 is 11.6 Å². The van der Waals surface area contributed by atoms with Gasteiger partial charge in [-0.05, 0) is 43.2 Å². The van der Waals surface area contributed by atoms with Gasteiger partial charge in [-0.25, -0.2) is 4.98 Å². The summed E-state index contributed by atoms with van der Waals surface area (Å²) in [5, 5.41) is 4.26. The van der Waals surface area contributed by atoms with E-state index < -0.39 is 0 Å². The minimum absolute atomic E-state index is 0.606. The summed E-state index contributed by atoms with van der Waals surface area (Å²) in [6.45, 7) is 3.61. The fourth-order valence-electron chi connectivity index (χ4n) is 2.79. The van der Waals surface area contributed by atoms with Crippen molar-refractivity contribution < 1.29 is 4.74 Å². The van der Waals surface area contributed by atoms with Gasteiger partial charge in [-0.2, -0.15) is 0 Å². The fraction of sp³-hybridized carbons (Fsp3) is 0.688. The number of anilines is 1. The Hall–Kier alpha value is -0.840. The molecular weight excluding hydrogens is 286 g/mol. The van der Waals surface area contributed by atoms with E-state index in [9.17, 15) is 0 Å². The summed E-state index contributed by atoms with van der Waals surface area (Å²) >= 11 is 6.26. The van der Waals surface area contributed by atoms with E-state index in [1.54, 1.807) is 6.20 Å². The average Bonchev–Trinajstić information content (AvgIpc) is 3.31. The summed E-state index contributed by atoms with van der Waals surface area (Å²) in [6.07, 6.45) is 6.76. The predicted molar refractivity (Wildman–Crippen MR) is 85.9 cm³/mol. The molecule has 0 bridgehead atoms. The minimum atomic E-state index is 0.606. The lowest BCUT2D eigenvalue weighted by Crippen LogP contribution is -2.31. The highest BCUT2D eigenvalue weighted by Crippen LogP contribution is 2.24. The molecular formula is C16H24ClN3O. The third kappa shape index (κ3) is 4.31. The van der Waals surface area contributed by atoms with E-state index in [4.69, 9.17) is 16.3 Å². The fourth-order valence-corrected chi connectivity index (χ4v) is 2.96. The highest BCUT2D eigenvalue weighted by molar-refractivity contribution is 6.31. The highest BCUT2D eigenvalue weighted by Gasteiger charge is 2.21. The third-order valence-electron chi connectivity index (χ3n) is 4.26. The summed E-state index contributed by atoms with van der Waals surface area (Å²) < 4.78 is 5.56. The van der Waals surface area contributed by atoms with Gasteiger partial charge in [0.05, 0.1) is 11.6 Å². The van der Waals surface area contributed by atoms with E-state index in [-0.39, 0.29) is 0 Å². The number of rotatable bonds is 6. The Labute approximate surface area is 131 Å². The van der Waals surface area contributed by atoms with Gasteiger partial charge in [0.15, 0.2) is 0 Å². The Kier molecular flexibility index (Phi) is 4.99. The molecule has 1 aliphatic heterocycles. The second-order valence-corrected chi connectivity index (χ2v) is 6.66. The van der Waals surface area contributed by atoms with E-state index in [2.05, 4.69) is 28.3 Å². The maximum absolute atomic E-state index is 6.26. The molecule has 2 fully saturated rings. The molecule has 4 nitrogen and oxygen atoms in total. The van der Waals surface area contributed by atoms with Crippen molar-refractivity contribution in [3.8, 4) is 0 Å². The van der Waals surface area contributed by atoms with E-state index in [0.29, 0.717) is 12.0 Å². The molecule has 0 amide bonds. The smallest absolute Gasteiger partial charge is 0.128 e. The van der Waals surface area contributed by atoms with Crippen LogP contribution in [0.1, 0.15) is 31.2 Å². The first-order valence-corrected chi connectivity index (χ1v) is 8.27. The number of aromatic nitrogens is 1. The topological polar surface area (TPSA) is 37.4 Å². The average molecular weight is 310 g/mol. The summed E-state index contributed by atoms with van der Waals surface area (Å²) in [5.41, 5.74) is 1.14. The van der Waals surface area contributed by atoms with Crippen LogP contribution in [0.4, 0.5) is 5.82 Å². The second kappa shape index (κ2) is 6.95. The standard InChI is InChI=1S/C16H24ClN3O/c1-20(10-12-3-2-6-21-11-12)16-7-13(15(17)9-19-16)8-18-14-4-5-14/h7,9,12,14,18H,2-6,8,10-11H2,1H3. The Balaban J connectivity index is 1.61. The molecule has 21 heavy (non-hydrogen) atoms. The van der Waals surface area contributed by atoms with E-state index >= 15 is 0 Å². The van der Waals surface area contributed by atoms with Gasteiger partial charge in [0.1, 0.15) is 5.82 Å². The van der Waals surface area contributed by atoms with E-state index in [1.165, 1.54) is 25.7 Å². The summed E-state index contributed by atoms with van der Waals surface area (Å²) in [5.74, 6) is 1.60. The summed E-state index contributed by atoms with van der Waals surface area (Å²) in [4.78, 5) is 6.69. The molecule has 5 heteroatoms. The van der Waals surface area contributed by atoms with Crippen LogP contribution in [0.5, 0.6) is 0 Å². The van der Waals surface area contributed by atoms with Gasteiger partial charge in [-0.15, -0.1) is 0 Å². The molecule has 1 N–H and O–H groups in total. The van der Waals surface area contributed by atoms with Crippen LogP contribution in [-0.2, 0) is 11.3 Å². The van der Waals surface area contributed by atoms with Crippen molar-refractivity contribution in [2.75, 3.05) is 31.7 Å². The van der Waals surface area contributed by atoms with Crippen LogP contribution in [0.3, 0.4) is 0 Å². The first-order chi connectivity index (χ1) is 10.2. The van der Waals surface area contributed by atoms with E-state index in [1.807, 2.05) is 0 Å². The molecule has 1 aromatic heterocycles. The number of halogens is 1. The first kappa shape index (κ1) is 15.1. The molecule has 1 atom stereocenters. The van der Waals surface area contributed by atoms with Crippen molar-refractivity contribution >= 4 is 17.4 Å². The largest absolute Gasteiger partial charge is 0.381 e. The number of hydrogen-bond acceptors (Lipinski definition) is 4. The van der Waals surface area contributed by atoms with Crippen LogP contribution < -0.4 is 10.2 Å². The normalized spacial score (nSPS) is 22.3. The van der Waals surface area contributed by atoms with Gasteiger partial charge in [0.2, 0.25) is 0 Å². The zero-order valence-electron chi connectivity index (χ0n) is 12.6. The van der Waals surface area contributed by atoms with Gasteiger partial charge in [-0.1, -0.05) is 11.6 Å². The summed E-state index contributed by atoms with van der Waals surface area (Å²) in [7, 11) is 2.10. The Morgan fingerprint density at radius 2 is 2.29 bits per heavy atom. The molecule has 2 heterocycles. The molecule has 1 aromatic rings. The minimum Gasteiger partial charge on any atom is -0.381 e. The Bertz CT molecular complexity index is 473. The molecule has 0 spiro atoms. The molecule has 116 valence electrons. The highest BCUT2D eigenvalue weighted by atomic mass is 35.5. The van der Waals surface area contributed by atoms with Crippen LogP contribution in [0.2, 0.25) is 5.02 Å². The van der Waals surface area contributed by atoms with Gasteiger partial charge in [0, 0.05) is 39.0 Å². The van der Waals surface area contributed by atoms with Gasteiger partial charge in [-0.3, -0.25) is 0 Å². The van der Waals surface area contributed by atoms with Crippen LogP contribution in [-0.4, -0.2) is 37.8 Å². The second-order valence-electron chi connectivity index (χ2n) is 6.25. The first-order valence-electron chi connectivity index (χ1n) is 7.89. The van der Waals surface area contributed by atoms with Crippen molar-refractivity contribution in [2.24, 2.45) is 5.92 Å². The number of nitrogens with one attached hydrogen (secondary N) is 1. The monoisotopic (exact) mass is 309 g/mol. The van der Waals surface area contributed by atoms with Crippen LogP contribution in [0.15, 0.2) is 12.3 Å². The molecule has 1 unspecified atom stereocenters. The van der Waals surface area contributed by atoms with Crippen LogP contribution in [0.25, 0.3) is 0 Å².